The summed E-state index contributed by atoms with van der Waals surface area (Å²) in [6.45, 7) is 16.0. The second kappa shape index (κ2) is 11.2. The molecule has 1 aliphatic rings. The number of nitrogens with one attached hydrogen (secondary N) is 2. The Hall–Kier alpha value is -1.54. The van der Waals surface area contributed by atoms with Crippen LogP contribution in [0.1, 0.15) is 34.6 Å². The second-order valence-corrected chi connectivity index (χ2v) is 7.55. The van der Waals surface area contributed by atoms with Crippen LogP contribution in [0, 0.1) is 0 Å². The number of carbonyl (C=O) groups excluding carboxylic acids is 1. The highest BCUT2D eigenvalue weighted by atomic mass is 16.6. The Morgan fingerprint density at radius 2 is 1.96 bits per heavy atom. The molecule has 0 aromatic heterocycles. The lowest BCUT2D eigenvalue weighted by atomic mass is 10.2. The molecule has 1 heterocycles. The molecule has 2 N–H and O–H groups in total. The zero-order chi connectivity index (χ0) is 19.6. The van der Waals surface area contributed by atoms with Gasteiger partial charge in [0.2, 0.25) is 0 Å². The number of aliphatic imine (C=N–C) groups is 1. The number of guanidine groups is 1. The molecule has 8 nitrogen and oxygen atoms in total. The first kappa shape index (κ1) is 22.5. The maximum Gasteiger partial charge on any atom is 0.410 e. The van der Waals surface area contributed by atoms with Crippen LogP contribution >= 0.6 is 0 Å². The van der Waals surface area contributed by atoms with Gasteiger partial charge in [-0.1, -0.05) is 0 Å². The van der Waals surface area contributed by atoms with E-state index in [1.165, 1.54) is 0 Å². The van der Waals surface area contributed by atoms with Crippen LogP contribution in [0.4, 0.5) is 4.79 Å². The van der Waals surface area contributed by atoms with Crippen molar-refractivity contribution in [2.45, 2.75) is 46.3 Å². The fourth-order valence-electron chi connectivity index (χ4n) is 2.47. The van der Waals surface area contributed by atoms with Gasteiger partial charge in [-0.2, -0.15) is 0 Å². The highest BCUT2D eigenvalue weighted by molar-refractivity contribution is 5.79. The zero-order valence-corrected chi connectivity index (χ0v) is 17.3. The summed E-state index contributed by atoms with van der Waals surface area (Å²) in [5.74, 6) is 0.769. The minimum Gasteiger partial charge on any atom is -0.444 e. The summed E-state index contributed by atoms with van der Waals surface area (Å²) in [6, 6.07) is 0.374. The van der Waals surface area contributed by atoms with Crippen molar-refractivity contribution in [3.05, 3.63) is 0 Å². The van der Waals surface area contributed by atoms with E-state index in [4.69, 9.17) is 9.47 Å². The Labute approximate surface area is 158 Å². The van der Waals surface area contributed by atoms with E-state index >= 15 is 0 Å². The van der Waals surface area contributed by atoms with Gasteiger partial charge in [0.05, 0.1) is 19.8 Å². The number of carbonyl (C=O) groups is 1. The first-order valence-corrected chi connectivity index (χ1v) is 9.51. The van der Waals surface area contributed by atoms with Gasteiger partial charge in [0.15, 0.2) is 5.96 Å². The molecule has 1 amide bonds. The van der Waals surface area contributed by atoms with Gasteiger partial charge in [0, 0.05) is 45.8 Å². The molecular weight excluding hydrogens is 334 g/mol. The average Bonchev–Trinajstić information content (AvgIpc) is 2.58. The number of hydrogen-bond acceptors (Lipinski definition) is 5. The van der Waals surface area contributed by atoms with E-state index in [0.29, 0.717) is 19.1 Å². The van der Waals surface area contributed by atoms with Crippen molar-refractivity contribution in [2.24, 2.45) is 4.99 Å². The number of hydrogen-bond donors (Lipinski definition) is 2. The number of rotatable bonds is 7. The van der Waals surface area contributed by atoms with Gasteiger partial charge < -0.3 is 25.0 Å². The third-order valence-electron chi connectivity index (χ3n) is 3.97. The lowest BCUT2D eigenvalue weighted by Crippen LogP contribution is -2.45. The second-order valence-electron chi connectivity index (χ2n) is 7.55. The van der Waals surface area contributed by atoms with Gasteiger partial charge in [0.25, 0.3) is 0 Å². The monoisotopic (exact) mass is 371 g/mol. The molecule has 0 aromatic rings. The lowest BCUT2D eigenvalue weighted by molar-refractivity contribution is 0.0220. The first-order valence-electron chi connectivity index (χ1n) is 9.51. The largest absolute Gasteiger partial charge is 0.444 e. The van der Waals surface area contributed by atoms with Gasteiger partial charge in [-0.25, -0.2) is 4.79 Å². The van der Waals surface area contributed by atoms with Gasteiger partial charge in [-0.05, 0) is 34.6 Å². The zero-order valence-electron chi connectivity index (χ0n) is 17.3. The molecule has 1 rings (SSSR count). The van der Waals surface area contributed by atoms with Crippen LogP contribution in [0.3, 0.4) is 0 Å². The maximum atomic E-state index is 12.0. The fourth-order valence-corrected chi connectivity index (χ4v) is 2.47. The highest BCUT2D eigenvalue weighted by Crippen LogP contribution is 2.08. The van der Waals surface area contributed by atoms with Crippen LogP contribution in [0.2, 0.25) is 0 Å². The van der Waals surface area contributed by atoms with Crippen LogP contribution in [0.5, 0.6) is 0 Å². The van der Waals surface area contributed by atoms with Crippen molar-refractivity contribution in [1.82, 2.24) is 20.4 Å². The van der Waals surface area contributed by atoms with Crippen molar-refractivity contribution in [2.75, 3.05) is 59.5 Å². The van der Waals surface area contributed by atoms with E-state index in [-0.39, 0.29) is 6.09 Å². The summed E-state index contributed by atoms with van der Waals surface area (Å²) in [5.41, 5.74) is -0.481. The SMILES string of the molecule is CCNC(=NCC(C)N1CCOCC1)NCCN(C)C(=O)OC(C)(C)C. The number of ether oxygens (including phenoxy) is 2. The highest BCUT2D eigenvalue weighted by Gasteiger charge is 2.19. The van der Waals surface area contributed by atoms with Crippen LogP contribution < -0.4 is 10.6 Å². The standard InChI is InChI=1S/C18H37N5O3/c1-7-19-16(21-14-15(2)23-10-12-25-13-11-23)20-8-9-22(6)17(24)26-18(3,4)5/h15H,7-14H2,1-6H3,(H2,19,20,21). The van der Waals surface area contributed by atoms with Gasteiger partial charge in [0.1, 0.15) is 5.60 Å². The molecule has 1 fully saturated rings. The topological polar surface area (TPSA) is 78.4 Å². The molecule has 0 aliphatic carbocycles. The quantitative estimate of drug-likeness (QED) is 0.516. The molecule has 0 aromatic carbocycles. The van der Waals surface area contributed by atoms with Gasteiger partial charge in [-0.15, -0.1) is 0 Å². The van der Waals surface area contributed by atoms with Crippen molar-refractivity contribution >= 4 is 12.1 Å². The molecule has 1 aliphatic heterocycles. The van der Waals surface area contributed by atoms with Crippen LogP contribution in [0.15, 0.2) is 4.99 Å². The first-order chi connectivity index (χ1) is 12.2. The molecule has 8 heteroatoms. The summed E-state index contributed by atoms with van der Waals surface area (Å²) >= 11 is 0. The van der Waals surface area contributed by atoms with Crippen molar-refractivity contribution in [3.63, 3.8) is 0 Å². The molecular formula is C18H37N5O3. The number of amides is 1. The fraction of sp³-hybridized carbons (Fsp3) is 0.889. The van der Waals surface area contributed by atoms with Crippen LogP contribution in [0.25, 0.3) is 0 Å². The minimum absolute atomic E-state index is 0.317. The van der Waals surface area contributed by atoms with Crippen molar-refractivity contribution in [3.8, 4) is 0 Å². The summed E-state index contributed by atoms with van der Waals surface area (Å²) < 4.78 is 10.7. The predicted octanol–water partition coefficient (Wildman–Crippen LogP) is 1.13. The Morgan fingerprint density at radius 3 is 2.54 bits per heavy atom. The Morgan fingerprint density at radius 1 is 1.31 bits per heavy atom. The number of likely N-dealkylation sites (N-methyl/N-ethyl adjacent to an activating group) is 1. The summed E-state index contributed by atoms with van der Waals surface area (Å²) in [6.07, 6.45) is -0.317. The normalized spacial score (nSPS) is 17.5. The van der Waals surface area contributed by atoms with E-state index in [1.807, 2.05) is 27.7 Å². The summed E-state index contributed by atoms with van der Waals surface area (Å²) in [7, 11) is 1.74. The molecule has 1 unspecified atom stereocenters. The minimum atomic E-state index is -0.481. The Kier molecular flexibility index (Phi) is 9.72. The Bertz CT molecular complexity index is 445. The third-order valence-corrected chi connectivity index (χ3v) is 3.97. The van der Waals surface area contributed by atoms with E-state index in [9.17, 15) is 4.79 Å². The molecule has 0 saturated carbocycles. The van der Waals surface area contributed by atoms with Gasteiger partial charge in [-0.3, -0.25) is 9.89 Å². The van der Waals surface area contributed by atoms with Crippen LogP contribution in [-0.4, -0.2) is 93.0 Å². The summed E-state index contributed by atoms with van der Waals surface area (Å²) in [5, 5.41) is 6.52. The third kappa shape index (κ3) is 9.24. The van der Waals surface area contributed by atoms with Crippen LogP contribution in [-0.2, 0) is 9.47 Å². The molecule has 26 heavy (non-hydrogen) atoms. The van der Waals surface area contributed by atoms with Crippen molar-refractivity contribution in [1.29, 1.82) is 0 Å². The van der Waals surface area contributed by atoms with E-state index < -0.39 is 5.60 Å². The predicted molar refractivity (Wildman–Crippen MR) is 105 cm³/mol. The Balaban J connectivity index is 2.40. The summed E-state index contributed by atoms with van der Waals surface area (Å²) in [4.78, 5) is 20.6. The smallest absolute Gasteiger partial charge is 0.410 e. The molecule has 1 saturated heterocycles. The van der Waals surface area contributed by atoms with E-state index in [1.54, 1.807) is 11.9 Å². The number of nitrogens with zero attached hydrogens (tertiary/aromatic N) is 3. The maximum absolute atomic E-state index is 12.0. The molecule has 0 spiro atoms. The average molecular weight is 372 g/mol. The molecule has 0 bridgehead atoms. The van der Waals surface area contributed by atoms with Crippen molar-refractivity contribution < 1.29 is 14.3 Å². The molecule has 152 valence electrons. The van der Waals surface area contributed by atoms with E-state index in [0.717, 1.165) is 45.4 Å². The van der Waals surface area contributed by atoms with Gasteiger partial charge >= 0.3 is 6.09 Å². The lowest BCUT2D eigenvalue weighted by Gasteiger charge is -2.31. The molecule has 1 atom stereocenters. The van der Waals surface area contributed by atoms with E-state index in [2.05, 4.69) is 27.4 Å². The molecule has 0 radical (unpaired) electrons. The number of morpholine rings is 1.